The number of nitro groups is 1. The van der Waals surface area contributed by atoms with Gasteiger partial charge in [-0.3, -0.25) is 10.1 Å². The lowest BCUT2D eigenvalue weighted by atomic mass is 10.1. The van der Waals surface area contributed by atoms with Crippen molar-refractivity contribution in [3.05, 3.63) is 68.7 Å². The van der Waals surface area contributed by atoms with Gasteiger partial charge in [-0.15, -0.1) is 0 Å². The third kappa shape index (κ3) is 4.37. The molecule has 0 fully saturated rings. The Labute approximate surface area is 154 Å². The Morgan fingerprint density at radius 2 is 1.96 bits per heavy atom. The van der Waals surface area contributed by atoms with Crippen LogP contribution in [-0.4, -0.2) is 26.4 Å². The largest absolute Gasteiger partial charge is 0.454 e. The van der Waals surface area contributed by atoms with E-state index in [0.717, 1.165) is 6.07 Å². The predicted octanol–water partition coefficient (Wildman–Crippen LogP) is 3.07. The molecule has 2 aromatic rings. The first-order valence-corrected chi connectivity index (χ1v) is 9.20. The number of non-ortho nitro benzene ring substituents is 1. The fourth-order valence-corrected chi connectivity index (χ4v) is 3.38. The topological polar surface area (TPSA) is 116 Å². The molecule has 1 atom stereocenters. The van der Waals surface area contributed by atoms with Crippen LogP contribution in [0.4, 0.5) is 5.69 Å². The van der Waals surface area contributed by atoms with Gasteiger partial charge in [0.25, 0.3) is 5.69 Å². The highest BCUT2D eigenvalue weighted by Gasteiger charge is 2.21. The molecule has 0 saturated heterocycles. The molecular formula is C16H15ClN2O6S. The summed E-state index contributed by atoms with van der Waals surface area (Å²) in [5.74, 6) is -0.784. The summed E-state index contributed by atoms with van der Waals surface area (Å²) < 4.78 is 31.3. The Morgan fingerprint density at radius 3 is 2.58 bits per heavy atom. The van der Waals surface area contributed by atoms with Crippen LogP contribution >= 0.6 is 11.6 Å². The number of hydrogen-bond acceptors (Lipinski definition) is 6. The van der Waals surface area contributed by atoms with E-state index in [-0.39, 0.29) is 21.2 Å². The van der Waals surface area contributed by atoms with Gasteiger partial charge in [-0.25, -0.2) is 17.9 Å². The molecule has 0 aliphatic rings. The molecule has 26 heavy (non-hydrogen) atoms. The van der Waals surface area contributed by atoms with Crippen molar-refractivity contribution in [2.24, 2.45) is 0 Å². The average Bonchev–Trinajstić information content (AvgIpc) is 2.61. The number of rotatable bonds is 6. The second-order valence-electron chi connectivity index (χ2n) is 5.25. The fourth-order valence-electron chi connectivity index (χ4n) is 2.13. The molecule has 138 valence electrons. The standard InChI is InChI=1S/C16H15ClN2O6S/c1-10(11-4-3-5-13(8-11)19(21)22)25-16(20)12-6-7-14(17)15(9-12)26(23,24)18-2/h3-10,18H,1-2H3/t10-/m1/s1. The third-order valence-corrected chi connectivity index (χ3v) is 5.46. The van der Waals surface area contributed by atoms with E-state index in [0.29, 0.717) is 5.56 Å². The maximum Gasteiger partial charge on any atom is 0.338 e. The summed E-state index contributed by atoms with van der Waals surface area (Å²) in [6.07, 6.45) is -0.776. The molecule has 0 aromatic heterocycles. The highest BCUT2D eigenvalue weighted by molar-refractivity contribution is 7.89. The summed E-state index contributed by atoms with van der Waals surface area (Å²) in [4.78, 5) is 22.3. The fraction of sp³-hybridized carbons (Fsp3) is 0.188. The van der Waals surface area contributed by atoms with E-state index in [2.05, 4.69) is 4.72 Å². The first-order chi connectivity index (χ1) is 12.2. The van der Waals surface area contributed by atoms with E-state index < -0.39 is 27.0 Å². The molecule has 0 saturated carbocycles. The molecule has 0 bridgehead atoms. The van der Waals surface area contributed by atoms with Gasteiger partial charge in [-0.2, -0.15) is 0 Å². The number of nitrogens with one attached hydrogen (secondary N) is 1. The van der Waals surface area contributed by atoms with Gasteiger partial charge in [0.1, 0.15) is 11.0 Å². The zero-order valence-corrected chi connectivity index (χ0v) is 15.4. The Kier molecular flexibility index (Phi) is 5.96. The number of esters is 1. The zero-order chi connectivity index (χ0) is 19.5. The summed E-state index contributed by atoms with van der Waals surface area (Å²) >= 11 is 5.88. The van der Waals surface area contributed by atoms with E-state index in [1.165, 1.54) is 37.4 Å². The molecule has 2 rings (SSSR count). The highest BCUT2D eigenvalue weighted by Crippen LogP contribution is 2.26. The number of carbonyl (C=O) groups excluding carboxylic acids is 1. The first kappa shape index (κ1) is 19.8. The Balaban J connectivity index is 2.26. The molecule has 2 aromatic carbocycles. The van der Waals surface area contributed by atoms with Crippen LogP contribution in [0.5, 0.6) is 0 Å². The van der Waals surface area contributed by atoms with Crippen LogP contribution in [0.25, 0.3) is 0 Å². The quantitative estimate of drug-likeness (QED) is 0.454. The van der Waals surface area contributed by atoms with Crippen LogP contribution in [0.3, 0.4) is 0 Å². The zero-order valence-electron chi connectivity index (χ0n) is 13.8. The molecule has 0 aliphatic carbocycles. The smallest absolute Gasteiger partial charge is 0.338 e. The van der Waals surface area contributed by atoms with Crippen molar-refractivity contribution in [1.29, 1.82) is 0 Å². The van der Waals surface area contributed by atoms with Crippen LogP contribution in [-0.2, 0) is 14.8 Å². The van der Waals surface area contributed by atoms with E-state index >= 15 is 0 Å². The third-order valence-electron chi connectivity index (χ3n) is 3.56. The molecule has 0 heterocycles. The van der Waals surface area contributed by atoms with Crippen molar-refractivity contribution in [3.63, 3.8) is 0 Å². The maximum absolute atomic E-state index is 12.3. The van der Waals surface area contributed by atoms with Crippen molar-refractivity contribution < 1.29 is 22.9 Å². The summed E-state index contributed by atoms with van der Waals surface area (Å²) in [6, 6.07) is 9.42. The normalized spacial score (nSPS) is 12.4. The number of hydrogen-bond donors (Lipinski definition) is 1. The number of carbonyl (C=O) groups is 1. The molecule has 0 spiro atoms. The Hall–Kier alpha value is -2.49. The Morgan fingerprint density at radius 1 is 1.27 bits per heavy atom. The summed E-state index contributed by atoms with van der Waals surface area (Å²) in [6.45, 7) is 1.55. The van der Waals surface area contributed by atoms with Crippen LogP contribution in [0, 0.1) is 10.1 Å². The number of nitrogens with zero attached hydrogens (tertiary/aromatic N) is 1. The number of sulfonamides is 1. The molecule has 0 radical (unpaired) electrons. The minimum Gasteiger partial charge on any atom is -0.454 e. The molecule has 0 amide bonds. The lowest BCUT2D eigenvalue weighted by Gasteiger charge is -2.14. The molecule has 8 nitrogen and oxygen atoms in total. The number of halogens is 1. The average molecular weight is 399 g/mol. The van der Waals surface area contributed by atoms with Crippen LogP contribution in [0.2, 0.25) is 5.02 Å². The van der Waals surface area contributed by atoms with E-state index in [9.17, 15) is 23.3 Å². The maximum atomic E-state index is 12.3. The summed E-state index contributed by atoms with van der Waals surface area (Å²) in [5, 5.41) is 10.8. The van der Waals surface area contributed by atoms with Crippen molar-refractivity contribution >= 4 is 33.3 Å². The monoisotopic (exact) mass is 398 g/mol. The highest BCUT2D eigenvalue weighted by atomic mass is 35.5. The summed E-state index contributed by atoms with van der Waals surface area (Å²) in [5.41, 5.74) is 0.296. The Bertz CT molecular complexity index is 961. The molecule has 10 heteroatoms. The number of ether oxygens (including phenoxy) is 1. The van der Waals surface area contributed by atoms with Crippen LogP contribution in [0.1, 0.15) is 28.9 Å². The van der Waals surface area contributed by atoms with Crippen LogP contribution < -0.4 is 4.72 Å². The molecular weight excluding hydrogens is 384 g/mol. The second kappa shape index (κ2) is 7.81. The minimum atomic E-state index is -3.85. The van der Waals surface area contributed by atoms with Gasteiger partial charge in [-0.05, 0) is 37.7 Å². The lowest BCUT2D eigenvalue weighted by molar-refractivity contribution is -0.385. The van der Waals surface area contributed by atoms with Crippen molar-refractivity contribution in [3.8, 4) is 0 Å². The molecule has 1 N–H and O–H groups in total. The van der Waals surface area contributed by atoms with Gasteiger partial charge in [0, 0.05) is 12.1 Å². The van der Waals surface area contributed by atoms with Crippen molar-refractivity contribution in [2.75, 3.05) is 7.05 Å². The van der Waals surface area contributed by atoms with Crippen molar-refractivity contribution in [2.45, 2.75) is 17.9 Å². The van der Waals surface area contributed by atoms with Gasteiger partial charge in [0.15, 0.2) is 0 Å². The van der Waals surface area contributed by atoms with E-state index in [1.54, 1.807) is 13.0 Å². The van der Waals surface area contributed by atoms with Gasteiger partial charge < -0.3 is 4.74 Å². The molecule has 0 unspecified atom stereocenters. The SMILES string of the molecule is CNS(=O)(=O)c1cc(C(=O)O[C@H](C)c2cccc([N+](=O)[O-])c2)ccc1Cl. The van der Waals surface area contributed by atoms with Gasteiger partial charge in [0.2, 0.25) is 10.0 Å². The van der Waals surface area contributed by atoms with Gasteiger partial charge in [0.05, 0.1) is 15.5 Å². The van der Waals surface area contributed by atoms with Crippen molar-refractivity contribution in [1.82, 2.24) is 4.72 Å². The number of nitro benzene ring substituents is 1. The van der Waals surface area contributed by atoms with Crippen LogP contribution in [0.15, 0.2) is 47.4 Å². The van der Waals surface area contributed by atoms with Gasteiger partial charge >= 0.3 is 5.97 Å². The lowest BCUT2D eigenvalue weighted by Crippen LogP contribution is -2.19. The predicted molar refractivity (Wildman–Crippen MR) is 94.6 cm³/mol. The summed E-state index contributed by atoms with van der Waals surface area (Å²) in [7, 11) is -2.62. The van der Waals surface area contributed by atoms with E-state index in [4.69, 9.17) is 16.3 Å². The minimum absolute atomic E-state index is 0.0134. The van der Waals surface area contributed by atoms with Gasteiger partial charge in [-0.1, -0.05) is 23.7 Å². The number of benzene rings is 2. The molecule has 0 aliphatic heterocycles. The first-order valence-electron chi connectivity index (χ1n) is 7.34. The van der Waals surface area contributed by atoms with E-state index in [1.807, 2.05) is 0 Å². The second-order valence-corrected chi connectivity index (χ2v) is 7.51.